The molecule has 2 N–H and O–H groups in total. The first-order valence-electron chi connectivity index (χ1n) is 3.83. The second kappa shape index (κ2) is 2.20. The highest BCUT2D eigenvalue weighted by atomic mass is 16.4. The number of carboxylic acid groups (broad SMARTS) is 1. The molecule has 2 fully saturated rings. The molecule has 12 heavy (non-hydrogen) atoms. The molecule has 1 saturated carbocycles. The van der Waals surface area contributed by atoms with Crippen molar-refractivity contribution < 1.29 is 19.8 Å². The van der Waals surface area contributed by atoms with Gasteiger partial charge in [-0.25, -0.2) is 9.69 Å². The van der Waals surface area contributed by atoms with Gasteiger partial charge in [-0.3, -0.25) is 4.79 Å². The van der Waals surface area contributed by atoms with Gasteiger partial charge in [0.2, 0.25) is 5.91 Å². The number of likely N-dealkylation sites (tertiary alicyclic amines) is 1. The number of rotatable bonds is 1. The Kier molecular flexibility index (Phi) is 1.38. The SMILES string of the molecule is O=C(O)N1C(=O)[C@H]2C[C@H]2[C@@H]1CO. The number of amides is 2. The standard InChI is InChI=1S/C7H9NO4/c9-2-5-3-1-4(3)6(10)8(5)7(11)12/h3-5,9H,1-2H2,(H,11,12)/t3-,4+,5+/m1/s1. The van der Waals surface area contributed by atoms with Crippen LogP contribution < -0.4 is 0 Å². The predicted octanol–water partition coefficient (Wildman–Crippen LogP) is -0.496. The predicted molar refractivity (Wildman–Crippen MR) is 37.3 cm³/mol. The molecule has 0 spiro atoms. The number of piperidine rings is 1. The van der Waals surface area contributed by atoms with E-state index in [0.717, 1.165) is 11.3 Å². The maximum Gasteiger partial charge on any atom is 0.414 e. The van der Waals surface area contributed by atoms with E-state index in [1.807, 2.05) is 0 Å². The zero-order chi connectivity index (χ0) is 8.88. The summed E-state index contributed by atoms with van der Waals surface area (Å²) in [5.74, 6) is -0.386. The van der Waals surface area contributed by atoms with Crippen molar-refractivity contribution in [2.75, 3.05) is 6.61 Å². The van der Waals surface area contributed by atoms with Crippen LogP contribution in [0.25, 0.3) is 0 Å². The van der Waals surface area contributed by atoms with Crippen molar-refractivity contribution in [3.63, 3.8) is 0 Å². The summed E-state index contributed by atoms with van der Waals surface area (Å²) < 4.78 is 0. The van der Waals surface area contributed by atoms with Crippen LogP contribution in [0, 0.1) is 11.8 Å². The number of nitrogens with zero attached hydrogens (tertiary/aromatic N) is 1. The molecule has 2 aliphatic rings. The fraction of sp³-hybridized carbons (Fsp3) is 0.714. The molecule has 1 heterocycles. The molecular formula is C7H9NO4. The maximum atomic E-state index is 11.2. The zero-order valence-electron chi connectivity index (χ0n) is 6.30. The fourth-order valence-electron chi connectivity index (χ4n) is 1.91. The lowest BCUT2D eigenvalue weighted by atomic mass is 10.2. The molecule has 66 valence electrons. The molecule has 0 unspecified atom stereocenters. The summed E-state index contributed by atoms with van der Waals surface area (Å²) in [7, 11) is 0. The third-order valence-corrected chi connectivity index (χ3v) is 2.61. The Labute approximate surface area is 68.6 Å². The number of fused-ring (bicyclic) bond motifs is 1. The number of aliphatic hydroxyl groups is 1. The van der Waals surface area contributed by atoms with Gasteiger partial charge in [0.15, 0.2) is 0 Å². The van der Waals surface area contributed by atoms with Gasteiger partial charge < -0.3 is 10.2 Å². The van der Waals surface area contributed by atoms with Crippen molar-refractivity contribution in [2.45, 2.75) is 12.5 Å². The molecule has 2 amide bonds. The van der Waals surface area contributed by atoms with Crippen molar-refractivity contribution in [1.29, 1.82) is 0 Å². The van der Waals surface area contributed by atoms with Gasteiger partial charge in [-0.2, -0.15) is 0 Å². The lowest BCUT2D eigenvalue weighted by Crippen LogP contribution is -2.42. The van der Waals surface area contributed by atoms with Crippen molar-refractivity contribution in [1.82, 2.24) is 4.90 Å². The smallest absolute Gasteiger partial charge is 0.414 e. The second-order valence-electron chi connectivity index (χ2n) is 3.25. The van der Waals surface area contributed by atoms with E-state index in [1.54, 1.807) is 0 Å². The molecular weight excluding hydrogens is 162 g/mol. The number of hydrogen-bond acceptors (Lipinski definition) is 3. The number of aliphatic hydroxyl groups excluding tert-OH is 1. The van der Waals surface area contributed by atoms with Crippen LogP contribution in [-0.4, -0.2) is 39.8 Å². The van der Waals surface area contributed by atoms with Gasteiger partial charge in [-0.15, -0.1) is 0 Å². The molecule has 1 aliphatic carbocycles. The lowest BCUT2D eigenvalue weighted by molar-refractivity contribution is -0.129. The Balaban J connectivity index is 2.21. The van der Waals surface area contributed by atoms with Crippen LogP contribution in [0.5, 0.6) is 0 Å². The van der Waals surface area contributed by atoms with E-state index in [0.29, 0.717) is 0 Å². The molecule has 0 aromatic rings. The van der Waals surface area contributed by atoms with E-state index in [2.05, 4.69) is 0 Å². The summed E-state index contributed by atoms with van der Waals surface area (Å²) in [5, 5.41) is 17.5. The van der Waals surface area contributed by atoms with Crippen LogP contribution in [0.2, 0.25) is 0 Å². The lowest BCUT2D eigenvalue weighted by Gasteiger charge is -2.20. The Morgan fingerprint density at radius 2 is 2.33 bits per heavy atom. The molecule has 3 atom stereocenters. The third-order valence-electron chi connectivity index (χ3n) is 2.61. The van der Waals surface area contributed by atoms with Crippen LogP contribution in [0.3, 0.4) is 0 Å². The molecule has 0 bridgehead atoms. The van der Waals surface area contributed by atoms with Gasteiger partial charge in [0.1, 0.15) is 0 Å². The van der Waals surface area contributed by atoms with Gasteiger partial charge in [-0.1, -0.05) is 0 Å². The molecule has 0 aromatic heterocycles. The molecule has 2 rings (SSSR count). The number of carbonyl (C=O) groups excluding carboxylic acids is 1. The largest absolute Gasteiger partial charge is 0.465 e. The van der Waals surface area contributed by atoms with E-state index in [4.69, 9.17) is 10.2 Å². The van der Waals surface area contributed by atoms with Crippen LogP contribution >= 0.6 is 0 Å². The molecule has 1 saturated heterocycles. The summed E-state index contributed by atoms with van der Waals surface area (Å²) >= 11 is 0. The topological polar surface area (TPSA) is 77.8 Å². The first-order valence-corrected chi connectivity index (χ1v) is 3.83. The minimum absolute atomic E-state index is 0.0820. The molecule has 1 aliphatic heterocycles. The van der Waals surface area contributed by atoms with Crippen molar-refractivity contribution in [2.24, 2.45) is 11.8 Å². The second-order valence-corrected chi connectivity index (χ2v) is 3.25. The molecule has 5 heteroatoms. The summed E-state index contributed by atoms with van der Waals surface area (Å²) in [4.78, 5) is 22.5. The average Bonchev–Trinajstić information content (AvgIpc) is 2.72. The summed E-state index contributed by atoms with van der Waals surface area (Å²) in [6.45, 7) is -0.251. The monoisotopic (exact) mass is 171 g/mol. The molecule has 5 nitrogen and oxygen atoms in total. The molecule has 0 radical (unpaired) electrons. The van der Waals surface area contributed by atoms with E-state index in [-0.39, 0.29) is 24.3 Å². The van der Waals surface area contributed by atoms with E-state index < -0.39 is 12.1 Å². The van der Waals surface area contributed by atoms with Gasteiger partial charge in [0.25, 0.3) is 0 Å². The van der Waals surface area contributed by atoms with Gasteiger partial charge in [0.05, 0.1) is 12.6 Å². The van der Waals surface area contributed by atoms with Crippen LogP contribution in [-0.2, 0) is 4.79 Å². The minimum atomic E-state index is -1.24. The third kappa shape index (κ3) is 0.768. The van der Waals surface area contributed by atoms with Crippen LogP contribution in [0.4, 0.5) is 4.79 Å². The highest BCUT2D eigenvalue weighted by molar-refractivity contribution is 5.97. The van der Waals surface area contributed by atoms with Crippen molar-refractivity contribution in [3.8, 4) is 0 Å². The number of hydrogen-bond donors (Lipinski definition) is 2. The summed E-state index contributed by atoms with van der Waals surface area (Å²) in [6, 6.07) is -0.486. The first kappa shape index (κ1) is 7.54. The Hall–Kier alpha value is -1.10. The molecule has 0 aromatic carbocycles. The van der Waals surface area contributed by atoms with Crippen LogP contribution in [0.15, 0.2) is 0 Å². The first-order chi connectivity index (χ1) is 5.66. The van der Waals surface area contributed by atoms with Gasteiger partial charge >= 0.3 is 6.09 Å². The Morgan fingerprint density at radius 3 is 2.75 bits per heavy atom. The van der Waals surface area contributed by atoms with E-state index in [9.17, 15) is 9.59 Å². The highest BCUT2D eigenvalue weighted by Gasteiger charge is 2.60. The number of carbonyl (C=O) groups is 2. The summed E-state index contributed by atoms with van der Waals surface area (Å²) in [5.41, 5.74) is 0. The van der Waals surface area contributed by atoms with Gasteiger partial charge in [0, 0.05) is 5.92 Å². The summed E-state index contributed by atoms with van der Waals surface area (Å²) in [6.07, 6.45) is -0.500. The maximum absolute atomic E-state index is 11.2. The Morgan fingerprint density at radius 1 is 1.67 bits per heavy atom. The normalized spacial score (nSPS) is 38.2. The minimum Gasteiger partial charge on any atom is -0.465 e. The number of imide groups is 1. The average molecular weight is 171 g/mol. The van der Waals surface area contributed by atoms with Crippen molar-refractivity contribution in [3.05, 3.63) is 0 Å². The highest BCUT2D eigenvalue weighted by Crippen LogP contribution is 2.50. The van der Waals surface area contributed by atoms with Crippen molar-refractivity contribution >= 4 is 12.0 Å². The van der Waals surface area contributed by atoms with E-state index >= 15 is 0 Å². The Bertz CT molecular complexity index is 252. The van der Waals surface area contributed by atoms with Crippen LogP contribution in [0.1, 0.15) is 6.42 Å². The van der Waals surface area contributed by atoms with Gasteiger partial charge in [-0.05, 0) is 12.3 Å². The fourth-order valence-corrected chi connectivity index (χ4v) is 1.91. The zero-order valence-corrected chi connectivity index (χ0v) is 6.30. The van der Waals surface area contributed by atoms with E-state index in [1.165, 1.54) is 0 Å². The quantitative estimate of drug-likeness (QED) is 0.557.